The van der Waals surface area contributed by atoms with E-state index in [1.54, 1.807) is 18.1 Å². The molecule has 0 aliphatic carbocycles. The number of likely N-dealkylation sites (N-methyl/N-ethyl adjacent to an activating group) is 1. The van der Waals surface area contributed by atoms with E-state index in [-0.39, 0.29) is 12.5 Å². The van der Waals surface area contributed by atoms with Crippen LogP contribution in [0.15, 0.2) is 36.4 Å². The largest absolute Gasteiger partial charge is 0.467 e. The number of amides is 1. The maximum Gasteiger partial charge on any atom is 0.260 e. The molecule has 0 unspecified atom stereocenters. The number of rotatable bonds is 9. The van der Waals surface area contributed by atoms with Crippen LogP contribution < -0.4 is 4.74 Å². The summed E-state index contributed by atoms with van der Waals surface area (Å²) >= 11 is 0. The highest BCUT2D eigenvalue weighted by Gasteiger charge is 2.14. The van der Waals surface area contributed by atoms with Gasteiger partial charge in [-0.3, -0.25) is 4.79 Å². The van der Waals surface area contributed by atoms with Crippen molar-refractivity contribution in [3.63, 3.8) is 0 Å². The SMILES string of the molecule is CCc1nc(COC)cc(OCC(=O)N(CC)Cc2ccccc2)n1. The van der Waals surface area contributed by atoms with Crippen LogP contribution in [0, 0.1) is 0 Å². The number of aryl methyl sites for hydroxylation is 1. The molecule has 1 aromatic heterocycles. The summed E-state index contributed by atoms with van der Waals surface area (Å²) < 4.78 is 10.7. The quantitative estimate of drug-likeness (QED) is 0.700. The predicted octanol–water partition coefficient (Wildman–Crippen LogP) is 2.61. The Kier molecular flexibility index (Phi) is 7.35. The fraction of sp³-hybridized carbons (Fsp3) is 0.421. The second-order valence-electron chi connectivity index (χ2n) is 5.58. The monoisotopic (exact) mass is 343 g/mol. The fourth-order valence-electron chi connectivity index (χ4n) is 2.39. The third-order valence-electron chi connectivity index (χ3n) is 3.70. The lowest BCUT2D eigenvalue weighted by Gasteiger charge is -2.21. The Morgan fingerprint density at radius 1 is 1.16 bits per heavy atom. The number of benzene rings is 1. The van der Waals surface area contributed by atoms with Crippen LogP contribution >= 0.6 is 0 Å². The van der Waals surface area contributed by atoms with E-state index in [1.165, 1.54) is 0 Å². The van der Waals surface area contributed by atoms with Gasteiger partial charge in [0.1, 0.15) is 5.82 Å². The van der Waals surface area contributed by atoms with Gasteiger partial charge in [0.2, 0.25) is 5.88 Å². The average Bonchev–Trinajstić information content (AvgIpc) is 2.65. The van der Waals surface area contributed by atoms with Crippen LogP contribution in [0.3, 0.4) is 0 Å². The topological polar surface area (TPSA) is 64.6 Å². The summed E-state index contributed by atoms with van der Waals surface area (Å²) in [6.07, 6.45) is 0.691. The summed E-state index contributed by atoms with van der Waals surface area (Å²) in [5.41, 5.74) is 1.84. The molecule has 1 heterocycles. The molecule has 25 heavy (non-hydrogen) atoms. The Labute approximate surface area is 148 Å². The van der Waals surface area contributed by atoms with E-state index in [2.05, 4.69) is 9.97 Å². The lowest BCUT2D eigenvalue weighted by atomic mass is 10.2. The lowest BCUT2D eigenvalue weighted by molar-refractivity contribution is -0.133. The number of carbonyl (C=O) groups excluding carboxylic acids is 1. The van der Waals surface area contributed by atoms with Crippen LogP contribution in [0.25, 0.3) is 0 Å². The van der Waals surface area contributed by atoms with Crippen LogP contribution in [-0.2, 0) is 29.1 Å². The van der Waals surface area contributed by atoms with Gasteiger partial charge in [-0.15, -0.1) is 0 Å². The molecule has 0 N–H and O–H groups in total. The van der Waals surface area contributed by atoms with Crippen LogP contribution in [0.4, 0.5) is 0 Å². The first-order valence-electron chi connectivity index (χ1n) is 8.46. The first kappa shape index (κ1) is 18.9. The molecule has 134 valence electrons. The lowest BCUT2D eigenvalue weighted by Crippen LogP contribution is -2.34. The molecule has 2 rings (SSSR count). The minimum absolute atomic E-state index is 0.0483. The van der Waals surface area contributed by atoms with E-state index in [4.69, 9.17) is 9.47 Å². The molecule has 1 amide bonds. The normalized spacial score (nSPS) is 10.5. The first-order chi connectivity index (χ1) is 12.2. The second kappa shape index (κ2) is 9.74. The number of hydrogen-bond acceptors (Lipinski definition) is 5. The van der Waals surface area contributed by atoms with Gasteiger partial charge >= 0.3 is 0 Å². The molecule has 0 aliphatic heterocycles. The van der Waals surface area contributed by atoms with Crippen LogP contribution in [0.1, 0.15) is 30.9 Å². The van der Waals surface area contributed by atoms with E-state index in [0.717, 1.165) is 11.3 Å². The summed E-state index contributed by atoms with van der Waals surface area (Å²) in [7, 11) is 1.61. The van der Waals surface area contributed by atoms with Crippen molar-refractivity contribution in [1.82, 2.24) is 14.9 Å². The molecular formula is C19H25N3O3. The minimum Gasteiger partial charge on any atom is -0.467 e. The van der Waals surface area contributed by atoms with Crippen molar-refractivity contribution < 1.29 is 14.3 Å². The molecule has 0 spiro atoms. The maximum atomic E-state index is 12.4. The fourth-order valence-corrected chi connectivity index (χ4v) is 2.39. The molecular weight excluding hydrogens is 318 g/mol. The first-order valence-corrected chi connectivity index (χ1v) is 8.46. The molecule has 0 saturated heterocycles. The summed E-state index contributed by atoms with van der Waals surface area (Å²) in [4.78, 5) is 22.9. The zero-order chi connectivity index (χ0) is 18.1. The third kappa shape index (κ3) is 5.83. The Morgan fingerprint density at radius 3 is 2.56 bits per heavy atom. The minimum atomic E-state index is -0.0729. The van der Waals surface area contributed by atoms with E-state index in [1.807, 2.05) is 44.2 Å². The maximum absolute atomic E-state index is 12.4. The zero-order valence-electron chi connectivity index (χ0n) is 15.1. The van der Waals surface area contributed by atoms with E-state index >= 15 is 0 Å². The molecule has 0 aliphatic rings. The van der Waals surface area contributed by atoms with Crippen molar-refractivity contribution in [2.45, 2.75) is 33.4 Å². The van der Waals surface area contributed by atoms with Gasteiger partial charge in [0.15, 0.2) is 6.61 Å². The number of nitrogens with zero attached hydrogens (tertiary/aromatic N) is 3. The van der Waals surface area contributed by atoms with Gasteiger partial charge in [0, 0.05) is 32.7 Å². The highest BCUT2D eigenvalue weighted by Crippen LogP contribution is 2.12. The third-order valence-corrected chi connectivity index (χ3v) is 3.70. The number of ether oxygens (including phenoxy) is 2. The van der Waals surface area contributed by atoms with Gasteiger partial charge in [-0.05, 0) is 12.5 Å². The molecule has 1 aromatic carbocycles. The molecule has 0 radical (unpaired) electrons. The summed E-state index contributed by atoms with van der Waals surface area (Å²) in [6.45, 7) is 5.45. The molecule has 2 aromatic rings. The zero-order valence-corrected chi connectivity index (χ0v) is 15.1. The average molecular weight is 343 g/mol. The number of hydrogen-bond donors (Lipinski definition) is 0. The molecule has 6 heteroatoms. The highest BCUT2D eigenvalue weighted by atomic mass is 16.5. The van der Waals surface area contributed by atoms with Crippen molar-refractivity contribution in [3.05, 3.63) is 53.5 Å². The van der Waals surface area contributed by atoms with Gasteiger partial charge in [-0.1, -0.05) is 37.3 Å². The van der Waals surface area contributed by atoms with Gasteiger partial charge in [-0.2, -0.15) is 4.98 Å². The van der Waals surface area contributed by atoms with Gasteiger partial charge in [0.05, 0.1) is 12.3 Å². The van der Waals surface area contributed by atoms with E-state index < -0.39 is 0 Å². The predicted molar refractivity (Wildman–Crippen MR) is 95.2 cm³/mol. The second-order valence-corrected chi connectivity index (χ2v) is 5.58. The number of aromatic nitrogens is 2. The van der Waals surface area contributed by atoms with Crippen molar-refractivity contribution in [3.8, 4) is 5.88 Å². The summed E-state index contributed by atoms with van der Waals surface area (Å²) in [5.74, 6) is 1.01. The molecule has 0 fully saturated rings. The van der Waals surface area contributed by atoms with E-state index in [0.29, 0.717) is 37.8 Å². The Morgan fingerprint density at radius 2 is 1.92 bits per heavy atom. The Bertz CT molecular complexity index is 677. The van der Waals surface area contributed by atoms with Gasteiger partial charge < -0.3 is 14.4 Å². The van der Waals surface area contributed by atoms with Crippen molar-refractivity contribution in [1.29, 1.82) is 0 Å². The van der Waals surface area contributed by atoms with Gasteiger partial charge in [0.25, 0.3) is 5.91 Å². The van der Waals surface area contributed by atoms with Gasteiger partial charge in [-0.25, -0.2) is 4.98 Å². The van der Waals surface area contributed by atoms with Crippen molar-refractivity contribution in [2.75, 3.05) is 20.3 Å². The van der Waals surface area contributed by atoms with Crippen molar-refractivity contribution in [2.24, 2.45) is 0 Å². The van der Waals surface area contributed by atoms with Crippen LogP contribution in [-0.4, -0.2) is 41.0 Å². The number of carbonyl (C=O) groups is 1. The van der Waals surface area contributed by atoms with Crippen LogP contribution in [0.2, 0.25) is 0 Å². The Hall–Kier alpha value is -2.47. The summed E-state index contributed by atoms with van der Waals surface area (Å²) in [5, 5.41) is 0. The molecule has 0 bridgehead atoms. The molecule has 0 atom stereocenters. The highest BCUT2D eigenvalue weighted by molar-refractivity contribution is 5.77. The smallest absolute Gasteiger partial charge is 0.260 e. The standard InChI is InChI=1S/C19H25N3O3/c1-4-17-20-16(13-24-3)11-18(21-17)25-14-19(23)22(5-2)12-15-9-7-6-8-10-15/h6-11H,4-5,12-14H2,1-3H3. The summed E-state index contributed by atoms with van der Waals surface area (Å²) in [6, 6.07) is 11.6. The molecule has 6 nitrogen and oxygen atoms in total. The Balaban J connectivity index is 1.99. The number of methoxy groups -OCH3 is 1. The molecule has 0 saturated carbocycles. The van der Waals surface area contributed by atoms with Crippen molar-refractivity contribution >= 4 is 5.91 Å². The van der Waals surface area contributed by atoms with Crippen LogP contribution in [0.5, 0.6) is 5.88 Å². The van der Waals surface area contributed by atoms with E-state index in [9.17, 15) is 4.79 Å².